The molecule has 114 valence electrons. The van der Waals surface area contributed by atoms with Crippen LogP contribution in [0.25, 0.3) is 11.0 Å². The van der Waals surface area contributed by atoms with E-state index in [9.17, 15) is 0 Å². The molecule has 0 spiro atoms. The number of hydrogen-bond donors (Lipinski definition) is 1. The summed E-state index contributed by atoms with van der Waals surface area (Å²) in [5.74, 6) is 2.68. The molecule has 1 aliphatic carbocycles. The first-order valence-electron chi connectivity index (χ1n) is 8.35. The van der Waals surface area contributed by atoms with Gasteiger partial charge in [0, 0.05) is 19.5 Å². The SMILES string of the molecule is CCC1CCCC(C(N)Cc2nc3ccccc3n2C)C1. The number of rotatable bonds is 4. The predicted octanol–water partition coefficient (Wildman–Crippen LogP) is 3.66. The Bertz CT molecular complexity index is 602. The first kappa shape index (κ1) is 14.6. The van der Waals surface area contributed by atoms with Crippen LogP contribution in [0.2, 0.25) is 0 Å². The van der Waals surface area contributed by atoms with Crippen LogP contribution < -0.4 is 5.73 Å². The number of nitrogens with zero attached hydrogens (tertiary/aromatic N) is 2. The van der Waals surface area contributed by atoms with E-state index in [1.807, 2.05) is 6.07 Å². The maximum absolute atomic E-state index is 6.53. The van der Waals surface area contributed by atoms with E-state index < -0.39 is 0 Å². The van der Waals surface area contributed by atoms with Crippen molar-refractivity contribution in [2.75, 3.05) is 0 Å². The number of benzene rings is 1. The van der Waals surface area contributed by atoms with Gasteiger partial charge in [0.05, 0.1) is 11.0 Å². The molecule has 3 heteroatoms. The minimum atomic E-state index is 0.245. The van der Waals surface area contributed by atoms with Crippen LogP contribution in [0, 0.1) is 11.8 Å². The molecule has 1 saturated carbocycles. The molecule has 0 radical (unpaired) electrons. The third-order valence-corrected chi connectivity index (χ3v) is 5.30. The number of aryl methyl sites for hydroxylation is 1. The molecule has 1 aromatic heterocycles. The number of aromatic nitrogens is 2. The van der Waals surface area contributed by atoms with Crippen LogP contribution in [0.3, 0.4) is 0 Å². The largest absolute Gasteiger partial charge is 0.331 e. The molecule has 3 unspecified atom stereocenters. The summed E-state index contributed by atoms with van der Waals surface area (Å²) >= 11 is 0. The van der Waals surface area contributed by atoms with Crippen molar-refractivity contribution >= 4 is 11.0 Å². The molecule has 3 atom stereocenters. The van der Waals surface area contributed by atoms with Gasteiger partial charge in [-0.3, -0.25) is 0 Å². The summed E-state index contributed by atoms with van der Waals surface area (Å²) in [5, 5.41) is 0. The Morgan fingerprint density at radius 1 is 1.33 bits per heavy atom. The number of fused-ring (bicyclic) bond motifs is 1. The van der Waals surface area contributed by atoms with Crippen LogP contribution in [0.1, 0.15) is 44.9 Å². The van der Waals surface area contributed by atoms with Gasteiger partial charge in [-0.1, -0.05) is 38.3 Å². The van der Waals surface area contributed by atoms with Crippen molar-refractivity contribution in [3.63, 3.8) is 0 Å². The molecule has 2 N–H and O–H groups in total. The summed E-state index contributed by atoms with van der Waals surface area (Å²) in [7, 11) is 2.10. The van der Waals surface area contributed by atoms with Crippen LogP contribution in [0.15, 0.2) is 24.3 Å². The Hall–Kier alpha value is -1.35. The van der Waals surface area contributed by atoms with Crippen molar-refractivity contribution in [3.05, 3.63) is 30.1 Å². The van der Waals surface area contributed by atoms with Crippen molar-refractivity contribution in [1.82, 2.24) is 9.55 Å². The van der Waals surface area contributed by atoms with Gasteiger partial charge in [-0.15, -0.1) is 0 Å². The van der Waals surface area contributed by atoms with Gasteiger partial charge < -0.3 is 10.3 Å². The summed E-state index contributed by atoms with van der Waals surface area (Å²) in [6.45, 7) is 2.31. The summed E-state index contributed by atoms with van der Waals surface area (Å²) in [5.41, 5.74) is 8.82. The van der Waals surface area contributed by atoms with Crippen LogP contribution >= 0.6 is 0 Å². The minimum Gasteiger partial charge on any atom is -0.331 e. The van der Waals surface area contributed by atoms with Crippen molar-refractivity contribution in [2.24, 2.45) is 24.6 Å². The second-order valence-electron chi connectivity index (χ2n) is 6.64. The van der Waals surface area contributed by atoms with Gasteiger partial charge in [0.1, 0.15) is 5.82 Å². The molecular formula is C18H27N3. The zero-order chi connectivity index (χ0) is 14.8. The minimum absolute atomic E-state index is 0.245. The van der Waals surface area contributed by atoms with E-state index in [4.69, 9.17) is 10.7 Å². The third kappa shape index (κ3) is 2.98. The van der Waals surface area contributed by atoms with Gasteiger partial charge in [0.2, 0.25) is 0 Å². The monoisotopic (exact) mass is 285 g/mol. The van der Waals surface area contributed by atoms with Gasteiger partial charge in [-0.25, -0.2) is 4.98 Å². The highest BCUT2D eigenvalue weighted by Crippen LogP contribution is 2.33. The summed E-state index contributed by atoms with van der Waals surface area (Å²) in [6.07, 6.45) is 7.54. The third-order valence-electron chi connectivity index (χ3n) is 5.30. The van der Waals surface area contributed by atoms with Crippen LogP contribution in [0.4, 0.5) is 0 Å². The topological polar surface area (TPSA) is 43.8 Å². The molecular weight excluding hydrogens is 258 g/mol. The van der Waals surface area contributed by atoms with Crippen LogP contribution in [-0.2, 0) is 13.5 Å². The Balaban J connectivity index is 1.73. The van der Waals surface area contributed by atoms with E-state index in [1.54, 1.807) is 0 Å². The van der Waals surface area contributed by atoms with Gasteiger partial charge in [-0.2, -0.15) is 0 Å². The first-order chi connectivity index (χ1) is 10.2. The second-order valence-corrected chi connectivity index (χ2v) is 6.64. The van der Waals surface area contributed by atoms with Gasteiger partial charge in [0.25, 0.3) is 0 Å². The predicted molar refractivity (Wildman–Crippen MR) is 88.1 cm³/mol. The van der Waals surface area contributed by atoms with Crippen molar-refractivity contribution < 1.29 is 0 Å². The zero-order valence-corrected chi connectivity index (χ0v) is 13.3. The fourth-order valence-electron chi connectivity index (χ4n) is 3.85. The van der Waals surface area contributed by atoms with E-state index in [0.717, 1.165) is 23.7 Å². The van der Waals surface area contributed by atoms with Crippen LogP contribution in [0.5, 0.6) is 0 Å². The molecule has 0 bridgehead atoms. The Morgan fingerprint density at radius 2 is 2.14 bits per heavy atom. The fourth-order valence-corrected chi connectivity index (χ4v) is 3.85. The number of imidazole rings is 1. The number of nitrogens with two attached hydrogens (primary N) is 1. The number of para-hydroxylation sites is 2. The molecule has 0 saturated heterocycles. The Morgan fingerprint density at radius 3 is 2.90 bits per heavy atom. The molecule has 21 heavy (non-hydrogen) atoms. The van der Waals surface area contributed by atoms with E-state index in [0.29, 0.717) is 5.92 Å². The molecule has 1 aliphatic rings. The molecule has 1 fully saturated rings. The fraction of sp³-hybridized carbons (Fsp3) is 0.611. The standard InChI is InChI=1S/C18H27N3/c1-3-13-7-6-8-14(11-13)15(19)12-18-20-16-9-4-5-10-17(16)21(18)2/h4-5,9-10,13-15H,3,6-8,11-12,19H2,1-2H3. The lowest BCUT2D eigenvalue weighted by molar-refractivity contribution is 0.227. The maximum atomic E-state index is 6.53. The zero-order valence-electron chi connectivity index (χ0n) is 13.3. The van der Waals surface area contributed by atoms with Crippen molar-refractivity contribution in [1.29, 1.82) is 0 Å². The molecule has 2 aromatic rings. The second kappa shape index (κ2) is 6.18. The Kier molecular flexibility index (Phi) is 4.29. The lowest BCUT2D eigenvalue weighted by Crippen LogP contribution is -2.36. The quantitative estimate of drug-likeness (QED) is 0.931. The molecule has 0 amide bonds. The summed E-state index contributed by atoms with van der Waals surface area (Å²) in [6, 6.07) is 8.57. The highest BCUT2D eigenvalue weighted by atomic mass is 15.1. The normalized spacial score (nSPS) is 24.3. The van der Waals surface area contributed by atoms with E-state index in [2.05, 4.69) is 36.7 Å². The van der Waals surface area contributed by atoms with E-state index >= 15 is 0 Å². The molecule has 0 aliphatic heterocycles. The molecule has 3 rings (SSSR count). The molecule has 1 aromatic carbocycles. The highest BCUT2D eigenvalue weighted by molar-refractivity contribution is 5.75. The van der Waals surface area contributed by atoms with Crippen molar-refractivity contribution in [2.45, 2.75) is 51.5 Å². The molecule has 3 nitrogen and oxygen atoms in total. The van der Waals surface area contributed by atoms with E-state index in [-0.39, 0.29) is 6.04 Å². The maximum Gasteiger partial charge on any atom is 0.111 e. The van der Waals surface area contributed by atoms with Crippen molar-refractivity contribution in [3.8, 4) is 0 Å². The average molecular weight is 285 g/mol. The van der Waals surface area contributed by atoms with E-state index in [1.165, 1.54) is 37.6 Å². The lowest BCUT2D eigenvalue weighted by Gasteiger charge is -2.32. The van der Waals surface area contributed by atoms with Gasteiger partial charge >= 0.3 is 0 Å². The summed E-state index contributed by atoms with van der Waals surface area (Å²) in [4.78, 5) is 4.77. The smallest absolute Gasteiger partial charge is 0.111 e. The lowest BCUT2D eigenvalue weighted by atomic mass is 9.76. The van der Waals surface area contributed by atoms with Gasteiger partial charge in [0.15, 0.2) is 0 Å². The Labute approximate surface area is 127 Å². The molecule has 1 heterocycles. The van der Waals surface area contributed by atoms with Gasteiger partial charge in [-0.05, 0) is 36.8 Å². The highest BCUT2D eigenvalue weighted by Gasteiger charge is 2.26. The first-order valence-corrected chi connectivity index (χ1v) is 8.35. The average Bonchev–Trinajstić information content (AvgIpc) is 2.84. The number of hydrogen-bond acceptors (Lipinski definition) is 2. The van der Waals surface area contributed by atoms with Crippen LogP contribution in [-0.4, -0.2) is 15.6 Å². The summed E-state index contributed by atoms with van der Waals surface area (Å²) < 4.78 is 2.20.